The fourth-order valence-corrected chi connectivity index (χ4v) is 1.48. The van der Waals surface area contributed by atoms with Crippen LogP contribution in [-0.4, -0.2) is 23.6 Å². The van der Waals surface area contributed by atoms with Gasteiger partial charge >= 0.3 is 0 Å². The Bertz CT molecular complexity index is 311. The Morgan fingerprint density at radius 3 is 2.60 bits per heavy atom. The highest BCUT2D eigenvalue weighted by molar-refractivity contribution is 5.46. The second kappa shape index (κ2) is 5.53. The van der Waals surface area contributed by atoms with Gasteiger partial charge in [0.25, 0.3) is 0 Å². The minimum Gasteiger partial charge on any atom is -0.384 e. The van der Waals surface area contributed by atoms with Crippen molar-refractivity contribution in [2.24, 2.45) is 0 Å². The zero-order valence-corrected chi connectivity index (χ0v) is 9.82. The van der Waals surface area contributed by atoms with Gasteiger partial charge in [0.05, 0.1) is 0 Å². The first kappa shape index (κ1) is 11.8. The number of rotatable bonds is 5. The van der Waals surface area contributed by atoms with Gasteiger partial charge in [-0.2, -0.15) is 0 Å². The number of hydrogen-bond donors (Lipinski definition) is 1. The molecule has 0 saturated heterocycles. The predicted molar refractivity (Wildman–Crippen MR) is 64.0 cm³/mol. The zero-order chi connectivity index (χ0) is 11.3. The van der Waals surface area contributed by atoms with Gasteiger partial charge in [-0.3, -0.25) is 0 Å². The molecule has 0 radical (unpaired) electrons. The summed E-state index contributed by atoms with van der Waals surface area (Å²) in [4.78, 5) is 10.8. The minimum atomic E-state index is 0.561. The molecule has 1 aromatic heterocycles. The van der Waals surface area contributed by atoms with E-state index in [1.165, 1.54) is 0 Å². The van der Waals surface area contributed by atoms with Gasteiger partial charge in [-0.15, -0.1) is 0 Å². The van der Waals surface area contributed by atoms with E-state index in [0.29, 0.717) is 5.82 Å². The van der Waals surface area contributed by atoms with Gasteiger partial charge in [0.2, 0.25) is 0 Å². The van der Waals surface area contributed by atoms with Crippen LogP contribution in [0.25, 0.3) is 0 Å². The fraction of sp³-hybridized carbons (Fsp3) is 0.636. The van der Waals surface area contributed by atoms with E-state index in [2.05, 4.69) is 28.7 Å². The summed E-state index contributed by atoms with van der Waals surface area (Å²) in [5.41, 5.74) is 5.75. The van der Waals surface area contributed by atoms with E-state index < -0.39 is 0 Å². The molecular weight excluding hydrogens is 188 g/mol. The Morgan fingerprint density at radius 2 is 2.00 bits per heavy atom. The molecule has 0 aliphatic heterocycles. The maximum atomic E-state index is 5.75. The van der Waals surface area contributed by atoms with Crippen LogP contribution in [-0.2, 0) is 6.42 Å². The van der Waals surface area contributed by atoms with E-state index in [1.807, 2.05) is 13.1 Å². The highest BCUT2D eigenvalue weighted by Crippen LogP contribution is 2.13. The molecule has 1 aromatic rings. The minimum absolute atomic E-state index is 0.561. The molecule has 0 aromatic carbocycles. The molecule has 4 heteroatoms. The zero-order valence-electron chi connectivity index (χ0n) is 9.82. The second-order valence-electron chi connectivity index (χ2n) is 3.74. The van der Waals surface area contributed by atoms with Crippen LogP contribution in [0.4, 0.5) is 11.6 Å². The van der Waals surface area contributed by atoms with Crippen molar-refractivity contribution in [1.82, 2.24) is 9.97 Å². The van der Waals surface area contributed by atoms with E-state index in [9.17, 15) is 0 Å². The van der Waals surface area contributed by atoms with Gasteiger partial charge in [0, 0.05) is 26.1 Å². The van der Waals surface area contributed by atoms with Gasteiger partial charge < -0.3 is 10.6 Å². The number of nitrogens with two attached hydrogens (primary N) is 1. The molecule has 2 N–H and O–H groups in total. The molecule has 0 spiro atoms. The van der Waals surface area contributed by atoms with E-state index in [-0.39, 0.29) is 0 Å². The fourth-order valence-electron chi connectivity index (χ4n) is 1.48. The number of aromatic nitrogens is 2. The van der Waals surface area contributed by atoms with Crippen LogP contribution in [0.2, 0.25) is 0 Å². The summed E-state index contributed by atoms with van der Waals surface area (Å²) >= 11 is 0. The van der Waals surface area contributed by atoms with Gasteiger partial charge in [0.1, 0.15) is 17.5 Å². The third-order valence-electron chi connectivity index (χ3n) is 2.20. The number of anilines is 2. The maximum absolute atomic E-state index is 5.75. The Balaban J connectivity index is 2.87. The van der Waals surface area contributed by atoms with Gasteiger partial charge in [-0.1, -0.05) is 13.8 Å². The average molecular weight is 208 g/mol. The lowest BCUT2D eigenvalue weighted by molar-refractivity contribution is 0.799. The third kappa shape index (κ3) is 3.38. The SMILES string of the molecule is CCCc1nc(N)cc(N(C)CCC)n1. The van der Waals surface area contributed by atoms with Gasteiger partial charge in [-0.25, -0.2) is 9.97 Å². The Labute approximate surface area is 91.5 Å². The van der Waals surface area contributed by atoms with Crippen molar-refractivity contribution in [3.8, 4) is 0 Å². The number of nitrogen functional groups attached to an aromatic ring is 1. The van der Waals surface area contributed by atoms with Crippen LogP contribution < -0.4 is 10.6 Å². The van der Waals surface area contributed by atoms with E-state index in [1.54, 1.807) is 0 Å². The highest BCUT2D eigenvalue weighted by atomic mass is 15.2. The van der Waals surface area contributed by atoms with Crippen molar-refractivity contribution in [3.63, 3.8) is 0 Å². The molecule has 0 bridgehead atoms. The molecule has 1 rings (SSSR count). The van der Waals surface area contributed by atoms with Crippen molar-refractivity contribution >= 4 is 11.6 Å². The molecule has 0 aliphatic rings. The highest BCUT2D eigenvalue weighted by Gasteiger charge is 2.05. The van der Waals surface area contributed by atoms with Crippen molar-refractivity contribution in [1.29, 1.82) is 0 Å². The molecule has 0 saturated carbocycles. The molecule has 0 fully saturated rings. The Kier molecular flexibility index (Phi) is 4.34. The van der Waals surface area contributed by atoms with Gasteiger partial charge in [-0.05, 0) is 12.8 Å². The van der Waals surface area contributed by atoms with Crippen LogP contribution in [0.1, 0.15) is 32.5 Å². The van der Waals surface area contributed by atoms with Crippen LogP contribution >= 0.6 is 0 Å². The summed E-state index contributed by atoms with van der Waals surface area (Å²) in [5.74, 6) is 2.33. The predicted octanol–water partition coefficient (Wildman–Crippen LogP) is 1.86. The van der Waals surface area contributed by atoms with Crippen LogP contribution in [0, 0.1) is 0 Å². The lowest BCUT2D eigenvalue weighted by atomic mass is 10.3. The number of hydrogen-bond acceptors (Lipinski definition) is 4. The lowest BCUT2D eigenvalue weighted by Crippen LogP contribution is -2.20. The first-order valence-corrected chi connectivity index (χ1v) is 5.52. The van der Waals surface area contributed by atoms with Crippen molar-refractivity contribution in [3.05, 3.63) is 11.9 Å². The van der Waals surface area contributed by atoms with E-state index >= 15 is 0 Å². The number of aryl methyl sites for hydroxylation is 1. The first-order chi connectivity index (χ1) is 7.17. The van der Waals surface area contributed by atoms with Crippen LogP contribution in [0.15, 0.2) is 6.07 Å². The summed E-state index contributed by atoms with van der Waals surface area (Å²) in [6, 6.07) is 1.83. The second-order valence-corrected chi connectivity index (χ2v) is 3.74. The molecule has 0 atom stereocenters. The molecule has 15 heavy (non-hydrogen) atoms. The summed E-state index contributed by atoms with van der Waals surface area (Å²) < 4.78 is 0. The molecule has 4 nitrogen and oxygen atoms in total. The van der Waals surface area contributed by atoms with E-state index in [0.717, 1.165) is 37.4 Å². The number of nitrogens with zero attached hydrogens (tertiary/aromatic N) is 3. The molecular formula is C11H20N4. The van der Waals surface area contributed by atoms with Crippen molar-refractivity contribution in [2.75, 3.05) is 24.2 Å². The lowest BCUT2D eigenvalue weighted by Gasteiger charge is -2.17. The van der Waals surface area contributed by atoms with Crippen molar-refractivity contribution in [2.45, 2.75) is 33.1 Å². The van der Waals surface area contributed by atoms with Crippen LogP contribution in [0.3, 0.4) is 0 Å². The summed E-state index contributed by atoms with van der Waals surface area (Å²) in [6.07, 6.45) is 3.03. The topological polar surface area (TPSA) is 55.0 Å². The summed E-state index contributed by atoms with van der Waals surface area (Å²) in [5, 5.41) is 0. The average Bonchev–Trinajstić information content (AvgIpc) is 2.17. The standard InChI is InChI=1S/C11H20N4/c1-4-6-10-13-9(12)8-11(14-10)15(3)7-5-2/h8H,4-7H2,1-3H3,(H2,12,13,14). The molecule has 0 unspecified atom stereocenters. The summed E-state index contributed by atoms with van der Waals surface area (Å²) in [6.45, 7) is 5.25. The third-order valence-corrected chi connectivity index (χ3v) is 2.20. The monoisotopic (exact) mass is 208 g/mol. The molecule has 84 valence electrons. The quantitative estimate of drug-likeness (QED) is 0.802. The smallest absolute Gasteiger partial charge is 0.134 e. The Morgan fingerprint density at radius 1 is 1.27 bits per heavy atom. The Hall–Kier alpha value is -1.32. The van der Waals surface area contributed by atoms with Crippen LogP contribution in [0.5, 0.6) is 0 Å². The van der Waals surface area contributed by atoms with Gasteiger partial charge in [0.15, 0.2) is 0 Å². The van der Waals surface area contributed by atoms with E-state index in [4.69, 9.17) is 5.73 Å². The normalized spacial score (nSPS) is 10.3. The maximum Gasteiger partial charge on any atom is 0.134 e. The van der Waals surface area contributed by atoms with Crippen molar-refractivity contribution < 1.29 is 0 Å². The first-order valence-electron chi connectivity index (χ1n) is 5.52. The molecule has 1 heterocycles. The summed E-state index contributed by atoms with van der Waals surface area (Å²) in [7, 11) is 2.03. The molecule has 0 aliphatic carbocycles. The largest absolute Gasteiger partial charge is 0.384 e. The molecule has 0 amide bonds.